The van der Waals surface area contributed by atoms with E-state index in [9.17, 15) is 0 Å². The van der Waals surface area contributed by atoms with Crippen LogP contribution in [0.4, 0.5) is 0 Å². The van der Waals surface area contributed by atoms with E-state index in [1.54, 1.807) is 7.11 Å². The third-order valence-corrected chi connectivity index (χ3v) is 4.00. The molecule has 17 heavy (non-hydrogen) atoms. The lowest BCUT2D eigenvalue weighted by Crippen LogP contribution is -2.46. The van der Waals surface area contributed by atoms with Gasteiger partial charge in [-0.15, -0.1) is 0 Å². The first kappa shape index (κ1) is 14.9. The van der Waals surface area contributed by atoms with Gasteiger partial charge in [0.25, 0.3) is 0 Å². The summed E-state index contributed by atoms with van der Waals surface area (Å²) in [4.78, 5) is 2.66. The lowest BCUT2D eigenvalue weighted by molar-refractivity contribution is 0.0786. The minimum Gasteiger partial charge on any atom is -0.383 e. The molecule has 0 radical (unpaired) electrons. The van der Waals surface area contributed by atoms with Crippen molar-refractivity contribution in [2.45, 2.75) is 39.7 Å². The van der Waals surface area contributed by atoms with Crippen LogP contribution in [0.25, 0.3) is 0 Å². The Balaban J connectivity index is 2.12. The van der Waals surface area contributed by atoms with E-state index >= 15 is 0 Å². The maximum Gasteiger partial charge on any atom is 0.0587 e. The summed E-state index contributed by atoms with van der Waals surface area (Å²) < 4.78 is 5.01. The van der Waals surface area contributed by atoms with Gasteiger partial charge in [0, 0.05) is 26.2 Å². The van der Waals surface area contributed by atoms with Crippen molar-refractivity contribution in [1.82, 2.24) is 10.2 Å². The monoisotopic (exact) mass is 242 g/mol. The Hall–Kier alpha value is -0.120. The molecule has 1 heterocycles. The first-order valence-corrected chi connectivity index (χ1v) is 7.08. The fraction of sp³-hybridized carbons (Fsp3) is 1.00. The number of ether oxygens (including phenoxy) is 1. The van der Waals surface area contributed by atoms with Gasteiger partial charge in [-0.3, -0.25) is 0 Å². The van der Waals surface area contributed by atoms with Crippen LogP contribution in [0, 0.1) is 11.8 Å². The molecule has 3 atom stereocenters. The number of piperidine rings is 1. The van der Waals surface area contributed by atoms with E-state index in [1.807, 2.05) is 0 Å². The Morgan fingerprint density at radius 1 is 1.24 bits per heavy atom. The minimum absolute atomic E-state index is 0.755. The van der Waals surface area contributed by atoms with Crippen LogP contribution in [0.1, 0.15) is 33.6 Å². The summed E-state index contributed by atoms with van der Waals surface area (Å²) in [6.07, 6.45) is 2.64. The average Bonchev–Trinajstić information content (AvgIpc) is 2.29. The van der Waals surface area contributed by atoms with E-state index in [2.05, 4.69) is 31.0 Å². The predicted octanol–water partition coefficient (Wildman–Crippen LogP) is 1.98. The quantitative estimate of drug-likeness (QED) is 0.691. The van der Waals surface area contributed by atoms with Crippen molar-refractivity contribution in [3.05, 3.63) is 0 Å². The SMILES string of the molecule is COCCNCCCN1CC(C)CC(C)C1C. The summed E-state index contributed by atoms with van der Waals surface area (Å²) in [5.74, 6) is 1.71. The molecule has 0 aliphatic carbocycles. The lowest BCUT2D eigenvalue weighted by Gasteiger charge is -2.41. The molecule has 0 aromatic heterocycles. The predicted molar refractivity (Wildman–Crippen MR) is 73.3 cm³/mol. The van der Waals surface area contributed by atoms with Crippen molar-refractivity contribution < 1.29 is 4.74 Å². The number of methoxy groups -OCH3 is 1. The van der Waals surface area contributed by atoms with Crippen LogP contribution in [-0.2, 0) is 4.74 Å². The smallest absolute Gasteiger partial charge is 0.0587 e. The lowest BCUT2D eigenvalue weighted by atomic mass is 9.86. The van der Waals surface area contributed by atoms with E-state index in [4.69, 9.17) is 4.74 Å². The van der Waals surface area contributed by atoms with Gasteiger partial charge in [0.05, 0.1) is 6.61 Å². The molecule has 1 N–H and O–H groups in total. The van der Waals surface area contributed by atoms with Crippen LogP contribution in [0.5, 0.6) is 0 Å². The van der Waals surface area contributed by atoms with E-state index in [-0.39, 0.29) is 0 Å². The Morgan fingerprint density at radius 3 is 2.71 bits per heavy atom. The van der Waals surface area contributed by atoms with Gasteiger partial charge in [-0.25, -0.2) is 0 Å². The van der Waals surface area contributed by atoms with Gasteiger partial charge in [-0.1, -0.05) is 13.8 Å². The minimum atomic E-state index is 0.755. The fourth-order valence-corrected chi connectivity index (χ4v) is 2.83. The Labute approximate surface area is 107 Å². The molecule has 0 saturated carbocycles. The molecule has 0 bridgehead atoms. The van der Waals surface area contributed by atoms with E-state index in [0.717, 1.165) is 37.6 Å². The van der Waals surface area contributed by atoms with Crippen molar-refractivity contribution >= 4 is 0 Å². The highest BCUT2D eigenvalue weighted by Gasteiger charge is 2.27. The van der Waals surface area contributed by atoms with Gasteiger partial charge in [0.2, 0.25) is 0 Å². The van der Waals surface area contributed by atoms with Crippen LogP contribution >= 0.6 is 0 Å². The molecule has 1 saturated heterocycles. The van der Waals surface area contributed by atoms with Gasteiger partial charge >= 0.3 is 0 Å². The number of nitrogens with one attached hydrogen (secondary N) is 1. The van der Waals surface area contributed by atoms with Gasteiger partial charge in [0.1, 0.15) is 0 Å². The average molecular weight is 242 g/mol. The first-order chi connectivity index (χ1) is 8.15. The van der Waals surface area contributed by atoms with Crippen molar-refractivity contribution in [3.8, 4) is 0 Å². The number of hydrogen-bond donors (Lipinski definition) is 1. The molecule has 1 rings (SSSR count). The van der Waals surface area contributed by atoms with E-state index in [0.29, 0.717) is 0 Å². The zero-order chi connectivity index (χ0) is 12.7. The summed E-state index contributed by atoms with van der Waals surface area (Å²) in [5, 5.41) is 3.41. The molecule has 1 aliphatic rings. The van der Waals surface area contributed by atoms with E-state index in [1.165, 1.54) is 25.9 Å². The second kappa shape index (κ2) is 8.06. The van der Waals surface area contributed by atoms with Crippen molar-refractivity contribution in [2.24, 2.45) is 11.8 Å². The summed E-state index contributed by atoms with van der Waals surface area (Å²) in [6.45, 7) is 12.6. The molecule has 1 aliphatic heterocycles. The topological polar surface area (TPSA) is 24.5 Å². The summed E-state index contributed by atoms with van der Waals surface area (Å²) in [6, 6.07) is 0.755. The largest absolute Gasteiger partial charge is 0.383 e. The van der Waals surface area contributed by atoms with Gasteiger partial charge in [-0.2, -0.15) is 0 Å². The van der Waals surface area contributed by atoms with Crippen LogP contribution in [0.3, 0.4) is 0 Å². The Kier molecular flexibility index (Phi) is 7.09. The normalized spacial score (nSPS) is 30.7. The molecule has 3 unspecified atom stereocenters. The van der Waals surface area contributed by atoms with Crippen LogP contribution in [0.2, 0.25) is 0 Å². The highest BCUT2D eigenvalue weighted by atomic mass is 16.5. The molecule has 0 aromatic carbocycles. The number of rotatable bonds is 7. The van der Waals surface area contributed by atoms with Crippen molar-refractivity contribution in [2.75, 3.05) is 39.9 Å². The third kappa shape index (κ3) is 5.36. The maximum atomic E-state index is 5.01. The van der Waals surface area contributed by atoms with Crippen LogP contribution < -0.4 is 5.32 Å². The molecule has 102 valence electrons. The van der Waals surface area contributed by atoms with Crippen LogP contribution in [-0.4, -0.2) is 50.8 Å². The second-order valence-electron chi connectivity index (χ2n) is 5.65. The highest BCUT2D eigenvalue weighted by Crippen LogP contribution is 2.26. The van der Waals surface area contributed by atoms with Crippen LogP contribution in [0.15, 0.2) is 0 Å². The van der Waals surface area contributed by atoms with Crippen molar-refractivity contribution in [1.29, 1.82) is 0 Å². The molecule has 1 fully saturated rings. The molecule has 3 nitrogen and oxygen atoms in total. The summed E-state index contributed by atoms with van der Waals surface area (Å²) in [5.41, 5.74) is 0. The summed E-state index contributed by atoms with van der Waals surface area (Å²) in [7, 11) is 1.75. The van der Waals surface area contributed by atoms with Gasteiger partial charge < -0.3 is 15.0 Å². The summed E-state index contributed by atoms with van der Waals surface area (Å²) >= 11 is 0. The highest BCUT2D eigenvalue weighted by molar-refractivity contribution is 4.81. The number of hydrogen-bond acceptors (Lipinski definition) is 3. The van der Waals surface area contributed by atoms with Gasteiger partial charge in [-0.05, 0) is 44.7 Å². The zero-order valence-corrected chi connectivity index (χ0v) is 12.0. The molecular weight excluding hydrogens is 212 g/mol. The number of nitrogens with zero attached hydrogens (tertiary/aromatic N) is 1. The Bertz CT molecular complexity index is 199. The first-order valence-electron chi connectivity index (χ1n) is 7.08. The molecule has 3 heteroatoms. The standard InChI is InChI=1S/C14H30N2O/c1-12-10-13(2)14(3)16(11-12)8-5-6-15-7-9-17-4/h12-15H,5-11H2,1-4H3. The molecule has 0 spiro atoms. The van der Waals surface area contributed by atoms with Crippen molar-refractivity contribution in [3.63, 3.8) is 0 Å². The zero-order valence-electron chi connectivity index (χ0n) is 12.0. The maximum absolute atomic E-state index is 5.01. The Morgan fingerprint density at radius 2 is 2.00 bits per heavy atom. The molecule has 0 amide bonds. The number of likely N-dealkylation sites (tertiary alicyclic amines) is 1. The third-order valence-electron chi connectivity index (χ3n) is 4.00. The van der Waals surface area contributed by atoms with E-state index < -0.39 is 0 Å². The molecular formula is C14H30N2O. The fourth-order valence-electron chi connectivity index (χ4n) is 2.83. The second-order valence-corrected chi connectivity index (χ2v) is 5.65. The molecule has 0 aromatic rings. The van der Waals surface area contributed by atoms with Gasteiger partial charge in [0.15, 0.2) is 0 Å².